The number of benzene rings is 2. The van der Waals surface area contributed by atoms with E-state index in [1.165, 1.54) is 43.6 Å². The first kappa shape index (κ1) is 19.9. The molecule has 154 valence electrons. The van der Waals surface area contributed by atoms with Crippen molar-refractivity contribution in [2.24, 2.45) is 0 Å². The summed E-state index contributed by atoms with van der Waals surface area (Å²) in [7, 11) is 0. The summed E-state index contributed by atoms with van der Waals surface area (Å²) in [4.78, 5) is 17.7. The Bertz CT molecular complexity index is 913. The van der Waals surface area contributed by atoms with E-state index in [9.17, 15) is 9.18 Å². The van der Waals surface area contributed by atoms with Crippen LogP contribution in [0.1, 0.15) is 47.7 Å². The van der Waals surface area contributed by atoms with Crippen molar-refractivity contribution in [3.05, 3.63) is 58.9 Å². The number of amides is 1. The van der Waals surface area contributed by atoms with Crippen LogP contribution < -0.4 is 10.2 Å². The molecule has 29 heavy (non-hydrogen) atoms. The van der Waals surface area contributed by atoms with Gasteiger partial charge in [0.15, 0.2) is 0 Å². The summed E-state index contributed by atoms with van der Waals surface area (Å²) in [5.41, 5.74) is 4.12. The summed E-state index contributed by atoms with van der Waals surface area (Å²) >= 11 is 0. The number of hydrogen-bond donors (Lipinski definition) is 1. The first-order valence-electron chi connectivity index (χ1n) is 10.6. The third kappa shape index (κ3) is 4.15. The lowest BCUT2D eigenvalue weighted by molar-refractivity contribution is 0.102. The van der Waals surface area contributed by atoms with Crippen molar-refractivity contribution in [3.63, 3.8) is 0 Å². The molecule has 2 aliphatic heterocycles. The van der Waals surface area contributed by atoms with Crippen molar-refractivity contribution in [2.75, 3.05) is 29.9 Å². The highest BCUT2D eigenvalue weighted by atomic mass is 19.1. The van der Waals surface area contributed by atoms with Crippen molar-refractivity contribution in [1.82, 2.24) is 4.90 Å². The smallest absolute Gasteiger partial charge is 0.256 e. The molecule has 0 radical (unpaired) electrons. The van der Waals surface area contributed by atoms with Gasteiger partial charge in [-0.3, -0.25) is 9.69 Å². The number of nitrogens with one attached hydrogen (secondary N) is 1. The maximum Gasteiger partial charge on any atom is 0.256 e. The summed E-state index contributed by atoms with van der Waals surface area (Å²) in [5.74, 6) is -0.675. The van der Waals surface area contributed by atoms with Crippen molar-refractivity contribution in [2.45, 2.75) is 52.1 Å². The molecule has 0 spiro atoms. The minimum absolute atomic E-state index is 0.276. The standard InChI is InChI=1S/C24H30FN3O/c1-16-6-7-19(25)14-22(16)24(29)26-23-9-8-20(13-17(23)2)27-12-10-21(15-27)28-11-4-5-18(28)3/h6-9,13-14,18,21H,4-5,10-12,15H2,1-3H3,(H,26,29)/t18-,21?/m0/s1. The summed E-state index contributed by atoms with van der Waals surface area (Å²) < 4.78 is 13.5. The van der Waals surface area contributed by atoms with Crippen LogP contribution in [0, 0.1) is 19.7 Å². The molecule has 0 aromatic heterocycles. The van der Waals surface area contributed by atoms with Crippen LogP contribution in [0.15, 0.2) is 36.4 Å². The van der Waals surface area contributed by atoms with Gasteiger partial charge in [-0.25, -0.2) is 4.39 Å². The molecule has 1 unspecified atom stereocenters. The van der Waals surface area contributed by atoms with Crippen LogP contribution in [0.4, 0.5) is 15.8 Å². The zero-order chi connectivity index (χ0) is 20.5. The molecule has 4 nitrogen and oxygen atoms in total. The molecule has 4 rings (SSSR count). The minimum Gasteiger partial charge on any atom is -0.370 e. The molecule has 2 heterocycles. The van der Waals surface area contributed by atoms with Crippen molar-refractivity contribution >= 4 is 17.3 Å². The number of carbonyl (C=O) groups is 1. The highest BCUT2D eigenvalue weighted by Crippen LogP contribution is 2.30. The Balaban J connectivity index is 1.44. The average Bonchev–Trinajstić information content (AvgIpc) is 3.34. The lowest BCUT2D eigenvalue weighted by Gasteiger charge is -2.28. The monoisotopic (exact) mass is 395 g/mol. The van der Waals surface area contributed by atoms with Gasteiger partial charge in [-0.1, -0.05) is 6.07 Å². The van der Waals surface area contributed by atoms with Gasteiger partial charge in [-0.2, -0.15) is 0 Å². The van der Waals surface area contributed by atoms with E-state index in [-0.39, 0.29) is 5.91 Å². The van der Waals surface area contributed by atoms with Gasteiger partial charge in [0, 0.05) is 42.1 Å². The zero-order valence-corrected chi connectivity index (χ0v) is 17.5. The predicted octanol–water partition coefficient (Wildman–Crippen LogP) is 4.76. The Kier molecular flexibility index (Phi) is 5.59. The van der Waals surface area contributed by atoms with Crippen LogP contribution in [0.5, 0.6) is 0 Å². The molecule has 0 bridgehead atoms. The number of aryl methyl sites for hydroxylation is 2. The fourth-order valence-corrected chi connectivity index (χ4v) is 4.76. The topological polar surface area (TPSA) is 35.6 Å². The van der Waals surface area contributed by atoms with Crippen molar-refractivity contribution in [3.8, 4) is 0 Å². The lowest BCUT2D eigenvalue weighted by Crippen LogP contribution is -2.39. The summed E-state index contributed by atoms with van der Waals surface area (Å²) in [5, 5.41) is 2.94. The molecule has 2 aliphatic rings. The molecule has 2 fully saturated rings. The number of hydrogen-bond acceptors (Lipinski definition) is 3. The Morgan fingerprint density at radius 3 is 2.62 bits per heavy atom. The second-order valence-corrected chi connectivity index (χ2v) is 8.53. The van der Waals surface area contributed by atoms with E-state index >= 15 is 0 Å². The number of rotatable bonds is 4. The molecule has 1 N–H and O–H groups in total. The Hall–Kier alpha value is -2.40. The molecule has 2 atom stereocenters. The molecular formula is C24H30FN3O. The highest BCUT2D eigenvalue weighted by Gasteiger charge is 2.33. The fraction of sp³-hybridized carbons (Fsp3) is 0.458. The van der Waals surface area contributed by atoms with Crippen LogP contribution in [0.2, 0.25) is 0 Å². The van der Waals surface area contributed by atoms with Gasteiger partial charge in [0.25, 0.3) is 5.91 Å². The van der Waals surface area contributed by atoms with Gasteiger partial charge in [0.1, 0.15) is 5.82 Å². The lowest BCUT2D eigenvalue weighted by atomic mass is 10.1. The Morgan fingerprint density at radius 1 is 1.07 bits per heavy atom. The third-order valence-electron chi connectivity index (χ3n) is 6.50. The molecule has 0 saturated carbocycles. The minimum atomic E-state index is -0.399. The molecule has 2 aromatic carbocycles. The number of halogens is 1. The Labute approximate surface area is 172 Å². The van der Waals surface area contributed by atoms with Crippen LogP contribution in [-0.4, -0.2) is 42.5 Å². The van der Waals surface area contributed by atoms with Gasteiger partial charge in [-0.05, 0) is 88.0 Å². The number of likely N-dealkylation sites (tertiary alicyclic amines) is 1. The molecule has 1 amide bonds. The van der Waals surface area contributed by atoms with Gasteiger partial charge in [0.2, 0.25) is 0 Å². The highest BCUT2D eigenvalue weighted by molar-refractivity contribution is 6.05. The van der Waals surface area contributed by atoms with E-state index in [0.717, 1.165) is 29.9 Å². The van der Waals surface area contributed by atoms with E-state index in [1.807, 2.05) is 19.9 Å². The first-order valence-corrected chi connectivity index (χ1v) is 10.6. The van der Waals surface area contributed by atoms with Crippen LogP contribution >= 0.6 is 0 Å². The third-order valence-corrected chi connectivity index (χ3v) is 6.50. The predicted molar refractivity (Wildman–Crippen MR) is 116 cm³/mol. The van der Waals surface area contributed by atoms with E-state index in [1.54, 1.807) is 6.07 Å². The second kappa shape index (κ2) is 8.15. The number of nitrogens with zero attached hydrogens (tertiary/aromatic N) is 2. The number of anilines is 2. The SMILES string of the molecule is Cc1cc(N2CCC(N3CCC[C@@H]3C)C2)ccc1NC(=O)c1cc(F)ccc1C. The normalized spacial score (nSPS) is 22.3. The Morgan fingerprint density at radius 2 is 1.90 bits per heavy atom. The molecule has 2 aromatic rings. The molecule has 5 heteroatoms. The summed E-state index contributed by atoms with van der Waals surface area (Å²) in [6.45, 7) is 9.53. The number of carbonyl (C=O) groups excluding carboxylic acids is 1. The van der Waals surface area contributed by atoms with Crippen molar-refractivity contribution in [1.29, 1.82) is 0 Å². The van der Waals surface area contributed by atoms with E-state index < -0.39 is 5.82 Å². The maximum atomic E-state index is 13.5. The van der Waals surface area contributed by atoms with E-state index in [4.69, 9.17) is 0 Å². The van der Waals surface area contributed by atoms with Crippen LogP contribution in [-0.2, 0) is 0 Å². The van der Waals surface area contributed by atoms with Gasteiger partial charge < -0.3 is 10.2 Å². The molecule has 0 aliphatic carbocycles. The zero-order valence-electron chi connectivity index (χ0n) is 17.5. The van der Waals surface area contributed by atoms with Crippen molar-refractivity contribution < 1.29 is 9.18 Å². The fourth-order valence-electron chi connectivity index (χ4n) is 4.76. The van der Waals surface area contributed by atoms with Gasteiger partial charge >= 0.3 is 0 Å². The van der Waals surface area contributed by atoms with Crippen LogP contribution in [0.25, 0.3) is 0 Å². The van der Waals surface area contributed by atoms with E-state index in [0.29, 0.717) is 17.6 Å². The molecule has 2 saturated heterocycles. The van der Waals surface area contributed by atoms with Gasteiger partial charge in [0.05, 0.1) is 0 Å². The summed E-state index contributed by atoms with van der Waals surface area (Å²) in [6, 6.07) is 11.8. The quantitative estimate of drug-likeness (QED) is 0.811. The first-order chi connectivity index (χ1) is 13.9. The van der Waals surface area contributed by atoms with Gasteiger partial charge in [-0.15, -0.1) is 0 Å². The average molecular weight is 396 g/mol. The second-order valence-electron chi connectivity index (χ2n) is 8.53. The maximum absolute atomic E-state index is 13.5. The largest absolute Gasteiger partial charge is 0.370 e. The molecular weight excluding hydrogens is 365 g/mol. The van der Waals surface area contributed by atoms with E-state index in [2.05, 4.69) is 34.2 Å². The van der Waals surface area contributed by atoms with Crippen LogP contribution in [0.3, 0.4) is 0 Å². The summed E-state index contributed by atoms with van der Waals surface area (Å²) in [6.07, 6.45) is 3.84.